The zero-order valence-corrected chi connectivity index (χ0v) is 16.8. The van der Waals surface area contributed by atoms with Crippen LogP contribution in [0.4, 0.5) is 5.69 Å². The van der Waals surface area contributed by atoms with E-state index in [0.29, 0.717) is 30.2 Å². The molecule has 0 unspecified atom stereocenters. The van der Waals surface area contributed by atoms with Gasteiger partial charge < -0.3 is 10.1 Å². The minimum absolute atomic E-state index is 0.121. The van der Waals surface area contributed by atoms with Crippen molar-refractivity contribution in [2.24, 2.45) is 0 Å². The summed E-state index contributed by atoms with van der Waals surface area (Å²) in [6.07, 6.45) is 0. The molecule has 6 nitrogen and oxygen atoms in total. The molecule has 3 aromatic rings. The summed E-state index contributed by atoms with van der Waals surface area (Å²) in [6.45, 7) is 2.47. The van der Waals surface area contributed by atoms with Crippen molar-refractivity contribution in [1.29, 1.82) is 0 Å². The summed E-state index contributed by atoms with van der Waals surface area (Å²) in [6, 6.07) is 22.7. The van der Waals surface area contributed by atoms with E-state index >= 15 is 0 Å². The lowest BCUT2D eigenvalue weighted by Crippen LogP contribution is -2.23. The smallest absolute Gasteiger partial charge is 0.255 e. The quantitative estimate of drug-likeness (QED) is 0.591. The predicted molar refractivity (Wildman–Crippen MR) is 112 cm³/mol. The highest BCUT2D eigenvalue weighted by Gasteiger charge is 2.13. The average Bonchev–Trinajstić information content (AvgIpc) is 2.74. The van der Waals surface area contributed by atoms with Crippen molar-refractivity contribution in [1.82, 2.24) is 4.72 Å². The number of nitrogens with one attached hydrogen (secondary N) is 2. The van der Waals surface area contributed by atoms with Crippen LogP contribution in [0.5, 0.6) is 5.75 Å². The highest BCUT2D eigenvalue weighted by atomic mass is 32.2. The number of sulfonamides is 1. The lowest BCUT2D eigenvalue weighted by atomic mass is 10.2. The fourth-order valence-corrected chi connectivity index (χ4v) is 3.68. The molecule has 0 radical (unpaired) electrons. The highest BCUT2D eigenvalue weighted by molar-refractivity contribution is 7.89. The molecule has 0 bridgehead atoms. The number of rotatable bonds is 8. The monoisotopic (exact) mass is 410 g/mol. The van der Waals surface area contributed by atoms with Gasteiger partial charge in [-0.15, -0.1) is 0 Å². The third kappa shape index (κ3) is 5.66. The molecule has 3 aromatic carbocycles. The van der Waals surface area contributed by atoms with Gasteiger partial charge in [0.2, 0.25) is 10.0 Å². The number of amides is 1. The maximum atomic E-state index is 12.4. The van der Waals surface area contributed by atoms with Crippen molar-refractivity contribution in [3.8, 4) is 5.75 Å². The molecule has 0 spiro atoms. The third-order valence-electron chi connectivity index (χ3n) is 4.12. The minimum Gasteiger partial charge on any atom is -0.489 e. The molecule has 7 heteroatoms. The Labute approximate surface area is 170 Å². The van der Waals surface area contributed by atoms with Gasteiger partial charge in [-0.05, 0) is 54.1 Å². The number of anilines is 1. The highest BCUT2D eigenvalue weighted by Crippen LogP contribution is 2.18. The lowest BCUT2D eigenvalue weighted by molar-refractivity contribution is 0.102. The Hall–Kier alpha value is -3.16. The Morgan fingerprint density at radius 3 is 2.17 bits per heavy atom. The first-order valence-corrected chi connectivity index (χ1v) is 10.6. The van der Waals surface area contributed by atoms with Gasteiger partial charge in [-0.25, -0.2) is 13.1 Å². The molecule has 0 saturated heterocycles. The van der Waals surface area contributed by atoms with Gasteiger partial charge in [0.15, 0.2) is 0 Å². The Morgan fingerprint density at radius 1 is 0.897 bits per heavy atom. The Morgan fingerprint density at radius 2 is 1.55 bits per heavy atom. The lowest BCUT2D eigenvalue weighted by Gasteiger charge is -2.09. The number of ether oxygens (including phenoxy) is 1. The van der Waals surface area contributed by atoms with Gasteiger partial charge in [-0.3, -0.25) is 4.79 Å². The van der Waals surface area contributed by atoms with E-state index in [1.165, 1.54) is 24.3 Å². The van der Waals surface area contributed by atoms with E-state index in [4.69, 9.17) is 4.74 Å². The van der Waals surface area contributed by atoms with Crippen LogP contribution in [-0.4, -0.2) is 20.9 Å². The number of carbonyl (C=O) groups is 1. The molecule has 0 saturated carbocycles. The van der Waals surface area contributed by atoms with E-state index in [0.717, 1.165) is 5.56 Å². The van der Waals surface area contributed by atoms with Crippen LogP contribution in [0.25, 0.3) is 0 Å². The normalized spacial score (nSPS) is 11.1. The van der Waals surface area contributed by atoms with E-state index in [9.17, 15) is 13.2 Å². The summed E-state index contributed by atoms with van der Waals surface area (Å²) >= 11 is 0. The maximum absolute atomic E-state index is 12.4. The van der Waals surface area contributed by atoms with Crippen LogP contribution in [0.3, 0.4) is 0 Å². The molecule has 0 heterocycles. The fourth-order valence-electron chi connectivity index (χ4n) is 2.64. The van der Waals surface area contributed by atoms with E-state index in [-0.39, 0.29) is 10.8 Å². The van der Waals surface area contributed by atoms with Crippen LogP contribution in [0.1, 0.15) is 22.8 Å². The van der Waals surface area contributed by atoms with Crippen molar-refractivity contribution < 1.29 is 17.9 Å². The minimum atomic E-state index is -3.54. The zero-order chi connectivity index (χ0) is 20.7. The van der Waals surface area contributed by atoms with Crippen molar-refractivity contribution in [2.75, 3.05) is 11.9 Å². The first kappa shape index (κ1) is 20.6. The molecule has 150 valence electrons. The second kappa shape index (κ2) is 9.36. The largest absolute Gasteiger partial charge is 0.489 e. The standard InChI is InChI=1S/C22H22N2O4S/c1-2-23-29(26,27)21-14-8-18(9-15-21)22(25)24-19-10-12-20(13-11-19)28-16-17-6-4-3-5-7-17/h3-15,23H,2,16H2,1H3,(H,24,25). The summed E-state index contributed by atoms with van der Waals surface area (Å²) in [4.78, 5) is 12.5. The Balaban J connectivity index is 1.59. The second-order valence-corrected chi connectivity index (χ2v) is 8.05. The molecule has 2 N–H and O–H groups in total. The van der Waals surface area contributed by atoms with Crippen LogP contribution >= 0.6 is 0 Å². The number of benzene rings is 3. The molecular weight excluding hydrogens is 388 g/mol. The van der Waals surface area contributed by atoms with Gasteiger partial charge in [-0.2, -0.15) is 0 Å². The van der Waals surface area contributed by atoms with Gasteiger partial charge >= 0.3 is 0 Å². The molecule has 0 atom stereocenters. The van der Waals surface area contributed by atoms with E-state index in [2.05, 4.69) is 10.0 Å². The van der Waals surface area contributed by atoms with Gasteiger partial charge in [0.25, 0.3) is 5.91 Å². The third-order valence-corrected chi connectivity index (χ3v) is 5.68. The summed E-state index contributed by atoms with van der Waals surface area (Å²) in [5.41, 5.74) is 2.06. The van der Waals surface area contributed by atoms with Gasteiger partial charge in [-0.1, -0.05) is 37.3 Å². The summed E-state index contributed by atoms with van der Waals surface area (Å²) in [5.74, 6) is 0.375. The van der Waals surface area contributed by atoms with E-state index in [1.807, 2.05) is 30.3 Å². The van der Waals surface area contributed by atoms with Crippen molar-refractivity contribution >= 4 is 21.6 Å². The summed E-state index contributed by atoms with van der Waals surface area (Å²) in [7, 11) is -3.54. The Bertz CT molecular complexity index is 1050. The molecule has 0 aliphatic rings. The molecular formula is C22H22N2O4S. The van der Waals surface area contributed by atoms with Crippen molar-refractivity contribution in [3.05, 3.63) is 90.0 Å². The van der Waals surface area contributed by atoms with Crippen LogP contribution in [0.2, 0.25) is 0 Å². The van der Waals surface area contributed by atoms with Gasteiger partial charge in [0.05, 0.1) is 4.90 Å². The molecule has 3 rings (SSSR count). The first-order valence-electron chi connectivity index (χ1n) is 9.16. The van der Waals surface area contributed by atoms with Crippen LogP contribution in [0.15, 0.2) is 83.8 Å². The summed E-state index contributed by atoms with van der Waals surface area (Å²) in [5, 5.41) is 2.78. The van der Waals surface area contributed by atoms with Crippen molar-refractivity contribution in [2.45, 2.75) is 18.4 Å². The first-order chi connectivity index (χ1) is 14.0. The zero-order valence-electron chi connectivity index (χ0n) is 16.0. The van der Waals surface area contributed by atoms with Crippen LogP contribution < -0.4 is 14.8 Å². The maximum Gasteiger partial charge on any atom is 0.255 e. The van der Waals surface area contributed by atoms with E-state index in [1.54, 1.807) is 31.2 Å². The van der Waals surface area contributed by atoms with Crippen LogP contribution in [0, 0.1) is 0 Å². The molecule has 0 aliphatic heterocycles. The predicted octanol–water partition coefficient (Wildman–Crippen LogP) is 3.82. The fraction of sp³-hybridized carbons (Fsp3) is 0.136. The molecule has 0 aromatic heterocycles. The number of hydrogen-bond donors (Lipinski definition) is 2. The molecule has 1 amide bonds. The average molecular weight is 410 g/mol. The number of carbonyl (C=O) groups excluding carboxylic acids is 1. The summed E-state index contributed by atoms with van der Waals surface area (Å²) < 4.78 is 32.1. The van der Waals surface area contributed by atoms with Gasteiger partial charge in [0, 0.05) is 17.8 Å². The molecule has 0 fully saturated rings. The second-order valence-electron chi connectivity index (χ2n) is 6.28. The van der Waals surface area contributed by atoms with Crippen molar-refractivity contribution in [3.63, 3.8) is 0 Å². The van der Waals surface area contributed by atoms with E-state index < -0.39 is 10.0 Å². The topological polar surface area (TPSA) is 84.5 Å². The molecule has 0 aliphatic carbocycles. The SMILES string of the molecule is CCNS(=O)(=O)c1ccc(C(=O)Nc2ccc(OCc3ccccc3)cc2)cc1. The molecule has 29 heavy (non-hydrogen) atoms. The van der Waals surface area contributed by atoms with Gasteiger partial charge in [0.1, 0.15) is 12.4 Å². The number of hydrogen-bond acceptors (Lipinski definition) is 4. The van der Waals surface area contributed by atoms with Crippen LogP contribution in [-0.2, 0) is 16.6 Å². The Kier molecular flexibility index (Phi) is 6.64.